The first-order valence-corrected chi connectivity index (χ1v) is 7.46. The molecule has 0 heterocycles. The van der Waals surface area contributed by atoms with Gasteiger partial charge in [0, 0.05) is 10.6 Å². The summed E-state index contributed by atoms with van der Waals surface area (Å²) in [5, 5.41) is 18.0. The molecular weight excluding hydrogens is 282 g/mol. The van der Waals surface area contributed by atoms with Crippen LogP contribution >= 0.6 is 11.8 Å². The topological polar surface area (TPSA) is 61.1 Å². The molecule has 0 aliphatic heterocycles. The van der Waals surface area contributed by atoms with Crippen molar-refractivity contribution in [3.05, 3.63) is 64.2 Å². The summed E-state index contributed by atoms with van der Waals surface area (Å²) in [4.78, 5) is 12.1. The largest absolute Gasteiger partial charge is 0.478 e. The van der Waals surface area contributed by atoms with Crippen LogP contribution in [0.5, 0.6) is 0 Å². The maximum atomic E-state index is 11.1. The molecule has 0 unspecified atom stereocenters. The monoisotopic (exact) mass is 297 g/mol. The second-order valence-electron chi connectivity index (χ2n) is 4.82. The number of aryl methyl sites for hydroxylation is 2. The van der Waals surface area contributed by atoms with E-state index in [1.807, 2.05) is 31.2 Å². The molecule has 2 aromatic carbocycles. The van der Waals surface area contributed by atoms with Gasteiger partial charge in [0.25, 0.3) is 0 Å². The van der Waals surface area contributed by atoms with Crippen molar-refractivity contribution in [1.82, 2.24) is 0 Å². The minimum atomic E-state index is -0.899. The van der Waals surface area contributed by atoms with Crippen molar-refractivity contribution < 1.29 is 9.90 Å². The number of rotatable bonds is 4. The van der Waals surface area contributed by atoms with E-state index in [1.54, 1.807) is 30.8 Å². The molecule has 0 atom stereocenters. The molecule has 0 aromatic heterocycles. The molecule has 0 saturated carbocycles. The highest BCUT2D eigenvalue weighted by molar-refractivity contribution is 7.98. The van der Waals surface area contributed by atoms with E-state index in [1.165, 1.54) is 0 Å². The number of carbonyl (C=O) groups is 1. The molecule has 106 valence electrons. The summed E-state index contributed by atoms with van der Waals surface area (Å²) in [6, 6.07) is 13.2. The summed E-state index contributed by atoms with van der Waals surface area (Å²) in [6.07, 6.45) is 0. The standard InChI is InChI=1S/C17H15NO2S/c1-11-3-6-15(8-16(11)17(19)20)21-10-14-5-4-13(9-18)7-12(14)2/h3-8H,10H2,1-2H3,(H,19,20). The Morgan fingerprint density at radius 3 is 2.57 bits per heavy atom. The Hall–Kier alpha value is -2.25. The lowest BCUT2D eigenvalue weighted by Crippen LogP contribution is -1.99. The van der Waals surface area contributed by atoms with Crippen LogP contribution in [0.1, 0.15) is 32.6 Å². The summed E-state index contributed by atoms with van der Waals surface area (Å²) in [7, 11) is 0. The molecule has 3 nitrogen and oxygen atoms in total. The molecule has 0 saturated heterocycles. The molecule has 1 N–H and O–H groups in total. The van der Waals surface area contributed by atoms with E-state index in [9.17, 15) is 4.79 Å². The zero-order chi connectivity index (χ0) is 15.4. The van der Waals surface area contributed by atoms with E-state index in [0.717, 1.165) is 27.3 Å². The van der Waals surface area contributed by atoms with E-state index < -0.39 is 5.97 Å². The summed E-state index contributed by atoms with van der Waals surface area (Å²) in [6.45, 7) is 3.78. The van der Waals surface area contributed by atoms with Gasteiger partial charge in [0.1, 0.15) is 0 Å². The zero-order valence-electron chi connectivity index (χ0n) is 11.9. The summed E-state index contributed by atoms with van der Waals surface area (Å²) >= 11 is 1.60. The normalized spacial score (nSPS) is 10.1. The summed E-state index contributed by atoms with van der Waals surface area (Å²) in [5.74, 6) is -0.149. The molecule has 0 amide bonds. The average molecular weight is 297 g/mol. The average Bonchev–Trinajstić information content (AvgIpc) is 2.47. The molecule has 0 radical (unpaired) electrons. The number of benzene rings is 2. The highest BCUT2D eigenvalue weighted by atomic mass is 32.2. The minimum Gasteiger partial charge on any atom is -0.478 e. The fourth-order valence-corrected chi connectivity index (χ4v) is 3.02. The van der Waals surface area contributed by atoms with Gasteiger partial charge in [-0.15, -0.1) is 11.8 Å². The fraction of sp³-hybridized carbons (Fsp3) is 0.176. The Kier molecular flexibility index (Phi) is 4.66. The van der Waals surface area contributed by atoms with Crippen molar-refractivity contribution >= 4 is 17.7 Å². The number of hydrogen-bond donors (Lipinski definition) is 1. The minimum absolute atomic E-state index is 0.344. The summed E-state index contributed by atoms with van der Waals surface area (Å²) in [5.41, 5.74) is 3.99. The molecule has 0 aliphatic carbocycles. The van der Waals surface area contributed by atoms with Crippen LogP contribution in [0.3, 0.4) is 0 Å². The third-order valence-electron chi connectivity index (χ3n) is 3.31. The number of nitrogens with zero attached hydrogens (tertiary/aromatic N) is 1. The molecule has 2 rings (SSSR count). The Morgan fingerprint density at radius 2 is 1.95 bits per heavy atom. The van der Waals surface area contributed by atoms with Gasteiger partial charge in [-0.3, -0.25) is 0 Å². The van der Waals surface area contributed by atoms with Crippen molar-refractivity contribution in [3.8, 4) is 6.07 Å². The van der Waals surface area contributed by atoms with Crippen LogP contribution in [0, 0.1) is 25.2 Å². The predicted octanol–water partition coefficient (Wildman–Crippen LogP) is 4.17. The van der Waals surface area contributed by atoms with Crippen molar-refractivity contribution in [3.63, 3.8) is 0 Å². The van der Waals surface area contributed by atoms with Gasteiger partial charge in [-0.05, 0) is 54.8 Å². The van der Waals surface area contributed by atoms with E-state index in [-0.39, 0.29) is 0 Å². The maximum Gasteiger partial charge on any atom is 0.335 e. The van der Waals surface area contributed by atoms with Crippen LogP contribution in [-0.2, 0) is 5.75 Å². The molecule has 21 heavy (non-hydrogen) atoms. The lowest BCUT2D eigenvalue weighted by molar-refractivity contribution is 0.0696. The zero-order valence-corrected chi connectivity index (χ0v) is 12.7. The van der Waals surface area contributed by atoms with Crippen LogP contribution in [0.25, 0.3) is 0 Å². The van der Waals surface area contributed by atoms with Gasteiger partial charge in [0.15, 0.2) is 0 Å². The SMILES string of the molecule is Cc1cc(C#N)ccc1CSc1ccc(C)c(C(=O)O)c1. The highest BCUT2D eigenvalue weighted by Gasteiger charge is 2.08. The third-order valence-corrected chi connectivity index (χ3v) is 4.35. The Labute approximate surface area is 128 Å². The maximum absolute atomic E-state index is 11.1. The van der Waals surface area contributed by atoms with E-state index in [0.29, 0.717) is 11.1 Å². The van der Waals surface area contributed by atoms with E-state index in [2.05, 4.69) is 6.07 Å². The Morgan fingerprint density at radius 1 is 1.19 bits per heavy atom. The highest BCUT2D eigenvalue weighted by Crippen LogP contribution is 2.26. The van der Waals surface area contributed by atoms with Gasteiger partial charge < -0.3 is 5.11 Å². The number of nitriles is 1. The molecule has 0 fully saturated rings. The van der Waals surface area contributed by atoms with Crippen LogP contribution in [0.15, 0.2) is 41.3 Å². The predicted molar refractivity (Wildman–Crippen MR) is 83.6 cm³/mol. The third kappa shape index (κ3) is 3.65. The number of thioether (sulfide) groups is 1. The van der Waals surface area contributed by atoms with Crippen molar-refractivity contribution in [2.24, 2.45) is 0 Å². The van der Waals surface area contributed by atoms with Gasteiger partial charge in [-0.1, -0.05) is 12.1 Å². The number of hydrogen-bond acceptors (Lipinski definition) is 3. The quantitative estimate of drug-likeness (QED) is 0.861. The van der Waals surface area contributed by atoms with Crippen molar-refractivity contribution in [2.45, 2.75) is 24.5 Å². The fourth-order valence-electron chi connectivity index (χ4n) is 2.01. The first-order chi connectivity index (χ1) is 10.0. The smallest absolute Gasteiger partial charge is 0.335 e. The Balaban J connectivity index is 2.15. The molecule has 0 aliphatic rings. The second-order valence-corrected chi connectivity index (χ2v) is 5.87. The van der Waals surface area contributed by atoms with Gasteiger partial charge in [0.2, 0.25) is 0 Å². The van der Waals surface area contributed by atoms with E-state index >= 15 is 0 Å². The van der Waals surface area contributed by atoms with Gasteiger partial charge in [0.05, 0.1) is 17.2 Å². The first-order valence-electron chi connectivity index (χ1n) is 6.47. The lowest BCUT2D eigenvalue weighted by Gasteiger charge is -2.08. The van der Waals surface area contributed by atoms with E-state index in [4.69, 9.17) is 10.4 Å². The molecule has 4 heteroatoms. The summed E-state index contributed by atoms with van der Waals surface area (Å²) < 4.78 is 0. The van der Waals surface area contributed by atoms with Crippen LogP contribution < -0.4 is 0 Å². The lowest BCUT2D eigenvalue weighted by atomic mass is 10.1. The number of aromatic carboxylic acids is 1. The van der Waals surface area contributed by atoms with Gasteiger partial charge in [-0.2, -0.15) is 5.26 Å². The van der Waals surface area contributed by atoms with Crippen molar-refractivity contribution in [2.75, 3.05) is 0 Å². The van der Waals surface area contributed by atoms with Crippen LogP contribution in [0.4, 0.5) is 0 Å². The number of carboxylic acids is 1. The number of carboxylic acid groups (broad SMARTS) is 1. The Bertz CT molecular complexity index is 732. The molecule has 0 spiro atoms. The van der Waals surface area contributed by atoms with Crippen molar-refractivity contribution in [1.29, 1.82) is 5.26 Å². The van der Waals surface area contributed by atoms with Crippen LogP contribution in [0.2, 0.25) is 0 Å². The molecular formula is C17H15NO2S. The first kappa shape index (κ1) is 15.1. The molecule has 0 bridgehead atoms. The second kappa shape index (κ2) is 6.47. The van der Waals surface area contributed by atoms with Gasteiger partial charge >= 0.3 is 5.97 Å². The molecule has 2 aromatic rings. The van der Waals surface area contributed by atoms with Gasteiger partial charge in [-0.25, -0.2) is 4.79 Å². The van der Waals surface area contributed by atoms with Crippen LogP contribution in [-0.4, -0.2) is 11.1 Å².